The Morgan fingerprint density at radius 2 is 2.42 bits per heavy atom. The maximum absolute atomic E-state index is 11.4. The van der Waals surface area contributed by atoms with E-state index >= 15 is 0 Å². The summed E-state index contributed by atoms with van der Waals surface area (Å²) in [7, 11) is 0. The van der Waals surface area contributed by atoms with Gasteiger partial charge in [-0.2, -0.15) is 0 Å². The smallest absolute Gasteiger partial charge is 0.253 e. The fraction of sp³-hybridized carbons (Fsp3) is 0.556. The number of fused-ring (bicyclic) bond motifs is 1. The van der Waals surface area contributed by atoms with Crippen LogP contribution in [0.1, 0.15) is 18.4 Å². The molecule has 0 aromatic carbocycles. The summed E-state index contributed by atoms with van der Waals surface area (Å²) in [5.74, 6) is 1.51. The average Bonchev–Trinajstić information content (AvgIpc) is 2.29. The van der Waals surface area contributed by atoms with Gasteiger partial charge in [0, 0.05) is 24.7 Å². The summed E-state index contributed by atoms with van der Waals surface area (Å²) in [5.41, 5.74) is 0.933. The maximum atomic E-state index is 11.4. The normalized spacial score (nSPS) is 21.0. The summed E-state index contributed by atoms with van der Waals surface area (Å²) in [6, 6.07) is 1.60. The van der Waals surface area contributed by atoms with Gasteiger partial charge in [0.2, 0.25) is 0 Å². The standard InChI is InChI=1S/C9H12N2O/c1-6-3-8-10-7(2)4-9(12)11(8)5-6/h4,6H,3,5H2,1-2H3. The molecule has 0 bridgehead atoms. The number of aromatic nitrogens is 2. The molecule has 3 nitrogen and oxygen atoms in total. The molecular formula is C9H12N2O. The summed E-state index contributed by atoms with van der Waals surface area (Å²) >= 11 is 0. The van der Waals surface area contributed by atoms with Crippen LogP contribution in [0.25, 0.3) is 0 Å². The van der Waals surface area contributed by atoms with Crippen LogP contribution >= 0.6 is 0 Å². The second-order valence-electron chi connectivity index (χ2n) is 3.57. The Labute approximate surface area is 71.1 Å². The molecule has 0 saturated carbocycles. The zero-order valence-corrected chi connectivity index (χ0v) is 7.37. The maximum Gasteiger partial charge on any atom is 0.253 e. The first kappa shape index (κ1) is 7.53. The van der Waals surface area contributed by atoms with Gasteiger partial charge in [0.25, 0.3) is 5.56 Å². The van der Waals surface area contributed by atoms with E-state index in [4.69, 9.17) is 0 Å². The van der Waals surface area contributed by atoms with Crippen LogP contribution in [-0.2, 0) is 13.0 Å². The van der Waals surface area contributed by atoms with E-state index in [1.165, 1.54) is 0 Å². The molecule has 3 heteroatoms. The minimum absolute atomic E-state index is 0.0989. The Morgan fingerprint density at radius 3 is 3.17 bits per heavy atom. The van der Waals surface area contributed by atoms with E-state index in [2.05, 4.69) is 11.9 Å². The summed E-state index contributed by atoms with van der Waals surface area (Å²) < 4.78 is 1.78. The molecule has 0 saturated heterocycles. The molecule has 2 heterocycles. The molecule has 1 unspecified atom stereocenters. The third kappa shape index (κ3) is 1.05. The first-order valence-electron chi connectivity index (χ1n) is 4.24. The first-order chi connectivity index (χ1) is 5.66. The monoisotopic (exact) mass is 164 g/mol. The molecule has 1 aromatic rings. The third-order valence-corrected chi connectivity index (χ3v) is 2.24. The molecular weight excluding hydrogens is 152 g/mol. The first-order valence-corrected chi connectivity index (χ1v) is 4.24. The van der Waals surface area contributed by atoms with Gasteiger partial charge in [-0.1, -0.05) is 6.92 Å². The van der Waals surface area contributed by atoms with Crippen molar-refractivity contribution in [1.82, 2.24) is 9.55 Å². The second-order valence-corrected chi connectivity index (χ2v) is 3.57. The SMILES string of the molecule is Cc1cc(=O)n2c(n1)CC(C)C2. The molecule has 0 spiro atoms. The van der Waals surface area contributed by atoms with Crippen molar-refractivity contribution in [2.24, 2.45) is 5.92 Å². The molecule has 1 aromatic heterocycles. The van der Waals surface area contributed by atoms with Crippen LogP contribution in [0.2, 0.25) is 0 Å². The highest BCUT2D eigenvalue weighted by Gasteiger charge is 2.19. The number of nitrogens with zero attached hydrogens (tertiary/aromatic N) is 2. The van der Waals surface area contributed by atoms with E-state index in [9.17, 15) is 4.79 Å². The van der Waals surface area contributed by atoms with Gasteiger partial charge in [-0.3, -0.25) is 9.36 Å². The summed E-state index contributed by atoms with van der Waals surface area (Å²) in [4.78, 5) is 15.7. The van der Waals surface area contributed by atoms with Gasteiger partial charge < -0.3 is 0 Å². The van der Waals surface area contributed by atoms with Crippen molar-refractivity contribution in [3.63, 3.8) is 0 Å². The Balaban J connectivity index is 2.60. The zero-order valence-electron chi connectivity index (χ0n) is 7.37. The van der Waals surface area contributed by atoms with Gasteiger partial charge in [0.15, 0.2) is 0 Å². The number of hydrogen-bond donors (Lipinski definition) is 0. The Morgan fingerprint density at radius 1 is 1.67 bits per heavy atom. The zero-order chi connectivity index (χ0) is 8.72. The molecule has 0 amide bonds. The van der Waals surface area contributed by atoms with Crippen molar-refractivity contribution in [1.29, 1.82) is 0 Å². The van der Waals surface area contributed by atoms with Gasteiger partial charge in [-0.05, 0) is 12.8 Å². The largest absolute Gasteiger partial charge is 0.296 e. The summed E-state index contributed by atoms with van der Waals surface area (Å²) in [6.07, 6.45) is 0.941. The lowest BCUT2D eigenvalue weighted by molar-refractivity contribution is 0.556. The van der Waals surface area contributed by atoms with E-state index in [1.807, 2.05) is 6.92 Å². The van der Waals surface area contributed by atoms with E-state index in [0.29, 0.717) is 5.92 Å². The lowest BCUT2D eigenvalue weighted by atomic mass is 10.1. The minimum Gasteiger partial charge on any atom is -0.296 e. The predicted octanol–water partition coefficient (Wildman–Crippen LogP) is 0.744. The van der Waals surface area contributed by atoms with Crippen LogP contribution in [0, 0.1) is 12.8 Å². The summed E-state index contributed by atoms with van der Waals surface area (Å²) in [6.45, 7) is 4.84. The van der Waals surface area contributed by atoms with Crippen LogP contribution in [0.4, 0.5) is 0 Å². The molecule has 0 N–H and O–H groups in total. The quantitative estimate of drug-likeness (QED) is 0.567. The highest BCUT2D eigenvalue weighted by Crippen LogP contribution is 2.15. The Bertz CT molecular complexity index is 367. The van der Waals surface area contributed by atoms with Crippen LogP contribution in [0.3, 0.4) is 0 Å². The van der Waals surface area contributed by atoms with Crippen molar-refractivity contribution in [3.05, 3.63) is 27.9 Å². The van der Waals surface area contributed by atoms with Gasteiger partial charge in [-0.15, -0.1) is 0 Å². The van der Waals surface area contributed by atoms with E-state index in [1.54, 1.807) is 10.6 Å². The topological polar surface area (TPSA) is 34.9 Å². The van der Waals surface area contributed by atoms with Crippen molar-refractivity contribution in [3.8, 4) is 0 Å². The van der Waals surface area contributed by atoms with Gasteiger partial charge in [0.1, 0.15) is 5.82 Å². The molecule has 1 aliphatic rings. The lowest BCUT2D eigenvalue weighted by Crippen LogP contribution is -2.20. The molecule has 2 rings (SSSR count). The van der Waals surface area contributed by atoms with Crippen molar-refractivity contribution in [2.45, 2.75) is 26.8 Å². The minimum atomic E-state index is 0.0989. The van der Waals surface area contributed by atoms with Crippen molar-refractivity contribution < 1.29 is 0 Å². The fourth-order valence-corrected chi connectivity index (χ4v) is 1.72. The lowest BCUT2D eigenvalue weighted by Gasteiger charge is -2.00. The third-order valence-electron chi connectivity index (χ3n) is 2.24. The predicted molar refractivity (Wildman–Crippen MR) is 46.1 cm³/mol. The van der Waals surface area contributed by atoms with Crippen molar-refractivity contribution in [2.75, 3.05) is 0 Å². The van der Waals surface area contributed by atoms with Gasteiger partial charge in [0.05, 0.1) is 0 Å². The van der Waals surface area contributed by atoms with Gasteiger partial charge in [-0.25, -0.2) is 4.98 Å². The van der Waals surface area contributed by atoms with E-state index in [-0.39, 0.29) is 5.56 Å². The van der Waals surface area contributed by atoms with Crippen LogP contribution in [0.5, 0.6) is 0 Å². The summed E-state index contributed by atoms with van der Waals surface area (Å²) in [5, 5.41) is 0. The number of rotatable bonds is 0. The molecule has 0 aliphatic carbocycles. The average molecular weight is 164 g/mol. The van der Waals surface area contributed by atoms with E-state index < -0.39 is 0 Å². The highest BCUT2D eigenvalue weighted by molar-refractivity contribution is 5.06. The molecule has 64 valence electrons. The molecule has 1 aliphatic heterocycles. The number of hydrogen-bond acceptors (Lipinski definition) is 2. The highest BCUT2D eigenvalue weighted by atomic mass is 16.1. The number of aryl methyl sites for hydroxylation is 1. The van der Waals surface area contributed by atoms with Crippen LogP contribution < -0.4 is 5.56 Å². The second kappa shape index (κ2) is 2.44. The van der Waals surface area contributed by atoms with Crippen LogP contribution in [0.15, 0.2) is 10.9 Å². The van der Waals surface area contributed by atoms with Crippen molar-refractivity contribution >= 4 is 0 Å². The molecule has 1 atom stereocenters. The Kier molecular flexibility index (Phi) is 1.53. The molecule has 0 fully saturated rings. The fourth-order valence-electron chi connectivity index (χ4n) is 1.72. The van der Waals surface area contributed by atoms with Crippen LogP contribution in [-0.4, -0.2) is 9.55 Å². The molecule has 12 heavy (non-hydrogen) atoms. The molecule has 0 radical (unpaired) electrons. The van der Waals surface area contributed by atoms with Gasteiger partial charge >= 0.3 is 0 Å². The Hall–Kier alpha value is -1.12. The van der Waals surface area contributed by atoms with E-state index in [0.717, 1.165) is 24.5 Å².